The normalized spacial score (nSPS) is 22.5. The van der Waals surface area contributed by atoms with Crippen molar-refractivity contribution < 1.29 is 13.2 Å². The minimum Gasteiger partial charge on any atom is -0.372 e. The van der Waals surface area contributed by atoms with E-state index < -0.39 is 9.84 Å². The van der Waals surface area contributed by atoms with E-state index in [9.17, 15) is 13.2 Å². The summed E-state index contributed by atoms with van der Waals surface area (Å²) in [6.45, 7) is 10.1. The fraction of sp³-hybridized carbons (Fsp3) is 0.440. The van der Waals surface area contributed by atoms with E-state index in [1.54, 1.807) is 0 Å². The number of carbonyl (C=O) groups is 1. The van der Waals surface area contributed by atoms with Crippen LogP contribution in [0.1, 0.15) is 30.5 Å². The van der Waals surface area contributed by atoms with E-state index in [4.69, 9.17) is 0 Å². The third kappa shape index (κ3) is 5.11. The van der Waals surface area contributed by atoms with Gasteiger partial charge in [0.1, 0.15) is 0 Å². The van der Waals surface area contributed by atoms with Gasteiger partial charge in [-0.3, -0.25) is 4.79 Å². The Bertz CT molecular complexity index is 1190. The van der Waals surface area contributed by atoms with E-state index in [-0.39, 0.29) is 35.1 Å². The van der Waals surface area contributed by atoms with Gasteiger partial charge in [-0.1, -0.05) is 41.6 Å². The van der Waals surface area contributed by atoms with Gasteiger partial charge < -0.3 is 9.80 Å². The Hall–Kier alpha value is -2.32. The molecule has 2 atom stereocenters. The Kier molecular flexibility index (Phi) is 6.86. The van der Waals surface area contributed by atoms with Crippen LogP contribution >= 0.6 is 11.8 Å². The Morgan fingerprint density at radius 3 is 2.55 bits per heavy atom. The topological polar surface area (TPSA) is 70.0 Å². The molecule has 2 fully saturated rings. The third-order valence-electron chi connectivity index (χ3n) is 6.29. The fourth-order valence-corrected chi connectivity index (χ4v) is 8.61. The van der Waals surface area contributed by atoms with Gasteiger partial charge in [0.05, 0.1) is 24.0 Å². The minimum absolute atomic E-state index is 0.0903. The van der Waals surface area contributed by atoms with E-state index in [2.05, 4.69) is 35.9 Å². The van der Waals surface area contributed by atoms with Crippen LogP contribution in [0.2, 0.25) is 0 Å². The lowest BCUT2D eigenvalue weighted by Gasteiger charge is -2.28. The highest BCUT2D eigenvalue weighted by Crippen LogP contribution is 2.42. The van der Waals surface area contributed by atoms with Gasteiger partial charge >= 0.3 is 0 Å². The van der Waals surface area contributed by atoms with Crippen molar-refractivity contribution in [3.63, 3.8) is 0 Å². The summed E-state index contributed by atoms with van der Waals surface area (Å²) in [5, 5.41) is 0.499. The number of nitrogens with zero attached hydrogens (tertiary/aromatic N) is 3. The standard InChI is InChI=1S/C25H31N3O3S2/c1-5-27(6-2)20-10-11-21(18(4)13-20)28-22-15-33(30,31)16-23(22)32-25(28)26-24(29)14-19-9-7-8-17(3)12-19/h7-13,22-23H,5-6,14-16H2,1-4H3/t22-,23-/m1/s1. The highest BCUT2D eigenvalue weighted by molar-refractivity contribution is 8.16. The lowest BCUT2D eigenvalue weighted by Crippen LogP contribution is -2.38. The SMILES string of the molecule is CCN(CC)c1ccc(N2C(=NC(=O)Cc3cccc(C)c3)S[C@@H]3CS(=O)(=O)C[C@H]32)c(C)c1. The number of amidine groups is 1. The van der Waals surface area contributed by atoms with Crippen LogP contribution in [-0.4, -0.2) is 55.4 Å². The second kappa shape index (κ2) is 9.50. The molecule has 4 rings (SSSR count). The molecule has 2 aromatic rings. The zero-order chi connectivity index (χ0) is 23.8. The highest BCUT2D eigenvalue weighted by Gasteiger charge is 2.49. The van der Waals surface area contributed by atoms with Crippen LogP contribution in [0, 0.1) is 13.8 Å². The van der Waals surface area contributed by atoms with Crippen LogP contribution in [0.3, 0.4) is 0 Å². The van der Waals surface area contributed by atoms with Gasteiger partial charge in [-0.25, -0.2) is 8.42 Å². The Labute approximate surface area is 201 Å². The molecule has 1 amide bonds. The Morgan fingerprint density at radius 2 is 1.88 bits per heavy atom. The molecule has 0 unspecified atom stereocenters. The maximum Gasteiger partial charge on any atom is 0.252 e. The number of fused-ring (bicyclic) bond motifs is 1. The molecule has 0 aromatic heterocycles. The van der Waals surface area contributed by atoms with Gasteiger partial charge in [0.15, 0.2) is 15.0 Å². The fourth-order valence-electron chi connectivity index (χ4n) is 4.68. The predicted octanol–water partition coefficient (Wildman–Crippen LogP) is 3.99. The summed E-state index contributed by atoms with van der Waals surface area (Å²) in [6.07, 6.45) is 0.229. The molecular weight excluding hydrogens is 454 g/mol. The van der Waals surface area contributed by atoms with Crippen LogP contribution in [-0.2, 0) is 21.1 Å². The molecule has 0 bridgehead atoms. The Morgan fingerprint density at radius 1 is 1.12 bits per heavy atom. The predicted molar refractivity (Wildman–Crippen MR) is 138 cm³/mol. The van der Waals surface area contributed by atoms with Crippen molar-refractivity contribution in [1.29, 1.82) is 0 Å². The lowest BCUT2D eigenvalue weighted by molar-refractivity contribution is -0.117. The average Bonchev–Trinajstić information content (AvgIpc) is 3.20. The summed E-state index contributed by atoms with van der Waals surface area (Å²) >= 11 is 1.42. The molecule has 33 heavy (non-hydrogen) atoms. The maximum absolute atomic E-state index is 12.9. The number of rotatable bonds is 6. The van der Waals surface area contributed by atoms with E-state index in [1.165, 1.54) is 11.8 Å². The molecule has 8 heteroatoms. The van der Waals surface area contributed by atoms with Gasteiger partial charge in [-0.15, -0.1) is 0 Å². The summed E-state index contributed by atoms with van der Waals surface area (Å²) < 4.78 is 24.8. The molecule has 2 aromatic carbocycles. The summed E-state index contributed by atoms with van der Waals surface area (Å²) in [5.41, 5.74) is 5.14. The average molecular weight is 486 g/mol. The van der Waals surface area contributed by atoms with Crippen LogP contribution in [0.5, 0.6) is 0 Å². The van der Waals surface area contributed by atoms with Crippen LogP contribution in [0.15, 0.2) is 47.5 Å². The zero-order valence-corrected chi connectivity index (χ0v) is 21.2. The smallest absolute Gasteiger partial charge is 0.252 e. The van der Waals surface area contributed by atoms with Crippen molar-refractivity contribution in [2.45, 2.75) is 45.4 Å². The monoisotopic (exact) mass is 485 g/mol. The first-order valence-electron chi connectivity index (χ1n) is 11.4. The molecule has 2 aliphatic heterocycles. The first kappa shape index (κ1) is 23.8. The first-order valence-corrected chi connectivity index (χ1v) is 14.1. The second-order valence-electron chi connectivity index (χ2n) is 8.77. The molecular formula is C25H31N3O3S2. The summed E-state index contributed by atoms with van der Waals surface area (Å²) in [7, 11) is -3.10. The van der Waals surface area contributed by atoms with E-state index in [0.717, 1.165) is 41.2 Å². The molecule has 0 saturated carbocycles. The third-order valence-corrected chi connectivity index (χ3v) is 9.50. The molecule has 2 aliphatic rings. The number of amides is 1. The molecule has 0 radical (unpaired) electrons. The molecule has 0 spiro atoms. The molecule has 0 aliphatic carbocycles. The van der Waals surface area contributed by atoms with Crippen molar-refractivity contribution in [3.8, 4) is 0 Å². The number of aryl methyl sites for hydroxylation is 2. The highest BCUT2D eigenvalue weighted by atomic mass is 32.2. The van der Waals surface area contributed by atoms with E-state index in [0.29, 0.717) is 5.17 Å². The summed E-state index contributed by atoms with van der Waals surface area (Å²) in [5.74, 6) is 0.00127. The van der Waals surface area contributed by atoms with Crippen molar-refractivity contribution in [1.82, 2.24) is 0 Å². The number of anilines is 2. The lowest BCUT2D eigenvalue weighted by atomic mass is 10.1. The van der Waals surface area contributed by atoms with Crippen LogP contribution in [0.4, 0.5) is 11.4 Å². The molecule has 6 nitrogen and oxygen atoms in total. The van der Waals surface area contributed by atoms with Gasteiger partial charge in [-0.2, -0.15) is 4.99 Å². The maximum atomic E-state index is 12.9. The van der Waals surface area contributed by atoms with Crippen molar-refractivity contribution in [3.05, 3.63) is 59.2 Å². The van der Waals surface area contributed by atoms with Gasteiger partial charge in [0, 0.05) is 29.7 Å². The largest absolute Gasteiger partial charge is 0.372 e. The first-order chi connectivity index (χ1) is 15.7. The number of sulfone groups is 1. The summed E-state index contributed by atoms with van der Waals surface area (Å²) in [6, 6.07) is 13.9. The van der Waals surface area contributed by atoms with Gasteiger partial charge in [-0.05, 0) is 57.0 Å². The zero-order valence-electron chi connectivity index (χ0n) is 19.6. The van der Waals surface area contributed by atoms with E-state index in [1.807, 2.05) is 49.1 Å². The molecule has 0 N–H and O–H groups in total. The van der Waals surface area contributed by atoms with Crippen molar-refractivity contribution in [2.75, 3.05) is 34.4 Å². The molecule has 176 valence electrons. The van der Waals surface area contributed by atoms with Gasteiger partial charge in [0.25, 0.3) is 5.91 Å². The molecule has 2 heterocycles. The second-order valence-corrected chi connectivity index (χ2v) is 12.1. The number of hydrogen-bond donors (Lipinski definition) is 0. The summed E-state index contributed by atoms with van der Waals surface area (Å²) in [4.78, 5) is 21.6. The number of thioether (sulfide) groups is 1. The minimum atomic E-state index is -3.10. The molecule has 2 saturated heterocycles. The van der Waals surface area contributed by atoms with Crippen LogP contribution in [0.25, 0.3) is 0 Å². The number of benzene rings is 2. The Balaban J connectivity index is 1.67. The van der Waals surface area contributed by atoms with Crippen molar-refractivity contribution in [2.24, 2.45) is 4.99 Å². The van der Waals surface area contributed by atoms with E-state index >= 15 is 0 Å². The van der Waals surface area contributed by atoms with Crippen molar-refractivity contribution >= 4 is 44.0 Å². The number of carbonyl (C=O) groups excluding carboxylic acids is 1. The van der Waals surface area contributed by atoms with Gasteiger partial charge in [0.2, 0.25) is 0 Å². The quantitative estimate of drug-likeness (QED) is 0.616. The number of aliphatic imine (C=N–C) groups is 1. The number of hydrogen-bond acceptors (Lipinski definition) is 5. The van der Waals surface area contributed by atoms with Crippen LogP contribution < -0.4 is 9.80 Å².